The monoisotopic (exact) mass is 550 g/mol. The molecule has 1 aliphatic heterocycles. The summed E-state index contributed by atoms with van der Waals surface area (Å²) >= 11 is 0.724. The van der Waals surface area contributed by atoms with Crippen LogP contribution in [0.2, 0.25) is 0 Å². The van der Waals surface area contributed by atoms with E-state index in [9.17, 15) is 24.5 Å². The maximum atomic E-state index is 12.9. The Labute approximate surface area is 226 Å². The van der Waals surface area contributed by atoms with Gasteiger partial charge in [-0.05, 0) is 66.7 Å². The van der Waals surface area contributed by atoms with E-state index in [-0.39, 0.29) is 16.5 Å². The number of nitrogens with zero attached hydrogens (tertiary/aromatic N) is 3. The van der Waals surface area contributed by atoms with Crippen LogP contribution in [-0.2, 0) is 9.59 Å². The first-order valence-corrected chi connectivity index (χ1v) is 12.3. The van der Waals surface area contributed by atoms with Crippen LogP contribution in [0.25, 0.3) is 6.08 Å². The van der Waals surface area contributed by atoms with Crippen molar-refractivity contribution in [1.82, 2.24) is 9.88 Å². The molecule has 4 rings (SSSR count). The highest BCUT2D eigenvalue weighted by Gasteiger charge is 2.36. The Morgan fingerprint density at radius 3 is 2.54 bits per heavy atom. The summed E-state index contributed by atoms with van der Waals surface area (Å²) in [6.07, 6.45) is 2.60. The molecule has 0 spiro atoms. The number of anilines is 1. The molecule has 2 heterocycles. The number of ether oxygens (including phenoxy) is 3. The van der Waals surface area contributed by atoms with E-state index < -0.39 is 28.5 Å². The number of thioether (sulfide) groups is 1. The number of methoxy groups -OCH3 is 1. The van der Waals surface area contributed by atoms with Crippen LogP contribution < -0.4 is 19.5 Å². The number of aromatic nitrogens is 1. The number of pyridine rings is 1. The third kappa shape index (κ3) is 6.70. The van der Waals surface area contributed by atoms with E-state index in [2.05, 4.69) is 10.3 Å². The molecule has 0 aliphatic carbocycles. The average Bonchev–Trinajstić information content (AvgIpc) is 3.18. The second-order valence-electron chi connectivity index (χ2n) is 7.90. The number of benzene rings is 2. The summed E-state index contributed by atoms with van der Waals surface area (Å²) in [6.45, 7) is 1.66. The fourth-order valence-electron chi connectivity index (χ4n) is 3.43. The average molecular weight is 551 g/mol. The number of hydrogen-bond donors (Lipinski definition) is 1. The van der Waals surface area contributed by atoms with Gasteiger partial charge in [0.05, 0.1) is 23.5 Å². The van der Waals surface area contributed by atoms with Gasteiger partial charge < -0.3 is 19.5 Å². The molecule has 1 saturated heterocycles. The molecule has 2 aromatic carbocycles. The van der Waals surface area contributed by atoms with Crippen LogP contribution in [0.4, 0.5) is 16.2 Å². The van der Waals surface area contributed by atoms with Gasteiger partial charge in [-0.25, -0.2) is 4.98 Å². The fourth-order valence-corrected chi connectivity index (χ4v) is 4.27. The van der Waals surface area contributed by atoms with E-state index in [1.807, 2.05) is 0 Å². The molecule has 1 fully saturated rings. The quantitative estimate of drug-likeness (QED) is 0.210. The lowest BCUT2D eigenvalue weighted by molar-refractivity contribution is -0.385. The zero-order valence-electron chi connectivity index (χ0n) is 20.8. The largest absolute Gasteiger partial charge is 0.497 e. The number of carbonyl (C=O) groups is 3. The summed E-state index contributed by atoms with van der Waals surface area (Å²) in [5, 5.41) is 12.9. The van der Waals surface area contributed by atoms with Crippen molar-refractivity contribution in [2.24, 2.45) is 0 Å². The first-order valence-electron chi connectivity index (χ1n) is 11.5. The summed E-state index contributed by atoms with van der Waals surface area (Å²) in [5.41, 5.74) is 0.878. The van der Waals surface area contributed by atoms with E-state index in [0.717, 1.165) is 22.9 Å². The lowest BCUT2D eigenvalue weighted by Crippen LogP contribution is -2.36. The van der Waals surface area contributed by atoms with Crippen molar-refractivity contribution in [2.45, 2.75) is 6.92 Å². The topological polar surface area (TPSA) is 150 Å². The minimum absolute atomic E-state index is 0.128. The zero-order valence-corrected chi connectivity index (χ0v) is 21.6. The van der Waals surface area contributed by atoms with E-state index in [1.54, 1.807) is 49.4 Å². The molecule has 1 aliphatic rings. The fraction of sp³-hybridized carbons (Fsp3) is 0.154. The summed E-state index contributed by atoms with van der Waals surface area (Å²) in [7, 11) is 1.53. The normalized spacial score (nSPS) is 13.9. The van der Waals surface area contributed by atoms with Crippen molar-refractivity contribution >= 4 is 46.3 Å². The Balaban J connectivity index is 1.46. The molecule has 3 aromatic rings. The molecule has 3 amide bonds. The van der Waals surface area contributed by atoms with Gasteiger partial charge in [0.2, 0.25) is 11.8 Å². The molecule has 1 N–H and O–H groups in total. The van der Waals surface area contributed by atoms with Gasteiger partial charge in [-0.15, -0.1) is 0 Å². The molecular formula is C26H22N4O8S. The van der Waals surface area contributed by atoms with Crippen LogP contribution in [-0.4, -0.2) is 52.1 Å². The van der Waals surface area contributed by atoms with E-state index in [1.165, 1.54) is 25.3 Å². The molecule has 1 aromatic heterocycles. The number of nitro groups is 1. The molecule has 0 bridgehead atoms. The number of imide groups is 1. The van der Waals surface area contributed by atoms with Crippen molar-refractivity contribution in [1.29, 1.82) is 0 Å². The molecule has 200 valence electrons. The van der Waals surface area contributed by atoms with Gasteiger partial charge in [0, 0.05) is 17.8 Å². The standard InChI is InChI=1S/C26H22N4O8S/c1-3-37-21-12-16(4-10-20(21)38-24-11-7-18(14-27-24)30(34)35)13-22-25(32)29(26(33)39-22)15-23(31)28-17-5-8-19(36-2)9-6-17/h4-14H,3,15H2,1-2H3,(H,28,31)/b22-13-. The van der Waals surface area contributed by atoms with Gasteiger partial charge >= 0.3 is 0 Å². The zero-order chi connectivity index (χ0) is 27.9. The van der Waals surface area contributed by atoms with Crippen molar-refractivity contribution in [3.8, 4) is 23.1 Å². The predicted octanol–water partition coefficient (Wildman–Crippen LogP) is 4.86. The van der Waals surface area contributed by atoms with Crippen LogP contribution in [0.15, 0.2) is 65.7 Å². The highest BCUT2D eigenvalue weighted by Crippen LogP contribution is 2.36. The highest BCUT2D eigenvalue weighted by atomic mass is 32.2. The molecular weight excluding hydrogens is 528 g/mol. The Bertz CT molecular complexity index is 1440. The Morgan fingerprint density at radius 1 is 1.13 bits per heavy atom. The van der Waals surface area contributed by atoms with E-state index >= 15 is 0 Å². The smallest absolute Gasteiger partial charge is 0.294 e. The van der Waals surface area contributed by atoms with Crippen LogP contribution in [0.5, 0.6) is 23.1 Å². The van der Waals surface area contributed by atoms with Gasteiger partial charge in [0.15, 0.2) is 11.5 Å². The summed E-state index contributed by atoms with van der Waals surface area (Å²) in [4.78, 5) is 53.0. The first kappa shape index (κ1) is 27.1. The van der Waals surface area contributed by atoms with Crippen molar-refractivity contribution in [3.05, 3.63) is 81.4 Å². The third-order valence-corrected chi connectivity index (χ3v) is 6.17. The predicted molar refractivity (Wildman–Crippen MR) is 143 cm³/mol. The number of rotatable bonds is 10. The molecule has 0 atom stereocenters. The number of carbonyl (C=O) groups excluding carboxylic acids is 3. The third-order valence-electron chi connectivity index (χ3n) is 5.26. The lowest BCUT2D eigenvalue weighted by atomic mass is 10.2. The molecule has 13 heteroatoms. The van der Waals surface area contributed by atoms with Gasteiger partial charge in [-0.1, -0.05) is 6.07 Å². The Kier molecular flexibility index (Phi) is 8.41. The van der Waals surface area contributed by atoms with Gasteiger partial charge in [0.25, 0.3) is 16.8 Å². The molecule has 0 saturated carbocycles. The molecule has 12 nitrogen and oxygen atoms in total. The van der Waals surface area contributed by atoms with Gasteiger partial charge in [-0.3, -0.25) is 29.4 Å². The molecule has 0 radical (unpaired) electrons. The second-order valence-corrected chi connectivity index (χ2v) is 8.89. The Morgan fingerprint density at radius 2 is 1.90 bits per heavy atom. The van der Waals surface area contributed by atoms with Crippen molar-refractivity contribution in [2.75, 3.05) is 25.6 Å². The molecule has 0 unspecified atom stereocenters. The molecule has 39 heavy (non-hydrogen) atoms. The SMILES string of the molecule is CCOc1cc(/C=C2\SC(=O)N(CC(=O)Nc3ccc(OC)cc3)C2=O)ccc1Oc1ccc([N+](=O)[O-])cn1. The second kappa shape index (κ2) is 12.1. The van der Waals surface area contributed by atoms with Crippen molar-refractivity contribution < 1.29 is 33.5 Å². The maximum absolute atomic E-state index is 12.9. The van der Waals surface area contributed by atoms with Gasteiger partial charge in [0.1, 0.15) is 18.5 Å². The number of amides is 3. The van der Waals surface area contributed by atoms with Crippen LogP contribution in [0, 0.1) is 10.1 Å². The minimum Gasteiger partial charge on any atom is -0.497 e. The summed E-state index contributed by atoms with van der Waals surface area (Å²) in [5.74, 6) is 0.276. The Hall–Kier alpha value is -4.91. The summed E-state index contributed by atoms with van der Waals surface area (Å²) < 4.78 is 16.4. The lowest BCUT2D eigenvalue weighted by Gasteiger charge is -2.13. The van der Waals surface area contributed by atoms with Crippen molar-refractivity contribution in [3.63, 3.8) is 0 Å². The van der Waals surface area contributed by atoms with Crippen LogP contribution in [0.3, 0.4) is 0 Å². The number of hydrogen-bond acceptors (Lipinski definition) is 10. The first-order chi connectivity index (χ1) is 18.8. The summed E-state index contributed by atoms with van der Waals surface area (Å²) in [6, 6.07) is 14.1. The van der Waals surface area contributed by atoms with Crippen LogP contribution >= 0.6 is 11.8 Å². The number of nitrogens with one attached hydrogen (secondary N) is 1. The minimum atomic E-state index is -0.594. The van der Waals surface area contributed by atoms with E-state index in [4.69, 9.17) is 14.2 Å². The maximum Gasteiger partial charge on any atom is 0.294 e. The van der Waals surface area contributed by atoms with Crippen LogP contribution in [0.1, 0.15) is 12.5 Å². The van der Waals surface area contributed by atoms with E-state index in [0.29, 0.717) is 35.1 Å². The highest BCUT2D eigenvalue weighted by molar-refractivity contribution is 8.18. The van der Waals surface area contributed by atoms with Gasteiger partial charge in [-0.2, -0.15) is 0 Å².